The van der Waals surface area contributed by atoms with E-state index in [9.17, 15) is 9.59 Å². The summed E-state index contributed by atoms with van der Waals surface area (Å²) in [6.07, 6.45) is 0.650. The van der Waals surface area contributed by atoms with Gasteiger partial charge in [0, 0.05) is 0 Å². The minimum Gasteiger partial charge on any atom is -0.459 e. The Balaban J connectivity index is 4.73. The van der Waals surface area contributed by atoms with E-state index in [0.717, 1.165) is 6.42 Å². The van der Waals surface area contributed by atoms with E-state index in [1.807, 2.05) is 13.8 Å². The third-order valence-electron chi connectivity index (χ3n) is 3.02. The second-order valence-electron chi connectivity index (χ2n) is 6.90. The first kappa shape index (κ1) is 18.9. The topological polar surface area (TPSA) is 52.6 Å². The molecule has 0 aromatic carbocycles. The van der Waals surface area contributed by atoms with Crippen LogP contribution in [0, 0.1) is 17.8 Å². The van der Waals surface area contributed by atoms with E-state index in [0.29, 0.717) is 5.92 Å². The molecule has 0 bridgehead atoms. The van der Waals surface area contributed by atoms with Crippen molar-refractivity contribution in [3.8, 4) is 0 Å². The molecule has 0 fully saturated rings. The van der Waals surface area contributed by atoms with Crippen molar-refractivity contribution in [2.45, 2.75) is 73.5 Å². The zero-order chi connectivity index (χ0) is 16.1. The van der Waals surface area contributed by atoms with Gasteiger partial charge in [-0.05, 0) is 32.1 Å². The summed E-state index contributed by atoms with van der Waals surface area (Å²) in [4.78, 5) is 23.9. The normalized spacial score (nSPS) is 13.8. The summed E-state index contributed by atoms with van der Waals surface area (Å²) in [6, 6.07) is 0. The maximum absolute atomic E-state index is 12.2. The maximum atomic E-state index is 12.2. The molecule has 0 radical (unpaired) electrons. The largest absolute Gasteiger partial charge is 0.459 e. The molecule has 1 atom stereocenters. The molecule has 0 N–H and O–H groups in total. The van der Waals surface area contributed by atoms with Crippen LogP contribution in [-0.2, 0) is 19.1 Å². The Labute approximate surface area is 123 Å². The lowest BCUT2D eigenvalue weighted by Crippen LogP contribution is -2.42. The van der Waals surface area contributed by atoms with Gasteiger partial charge in [0.15, 0.2) is 0 Å². The van der Waals surface area contributed by atoms with E-state index in [1.165, 1.54) is 0 Å². The summed E-state index contributed by atoms with van der Waals surface area (Å²) in [7, 11) is 0. The van der Waals surface area contributed by atoms with Gasteiger partial charge in [0.25, 0.3) is 0 Å². The van der Waals surface area contributed by atoms with E-state index in [4.69, 9.17) is 9.47 Å². The van der Waals surface area contributed by atoms with Gasteiger partial charge in [-0.2, -0.15) is 0 Å². The number of hydrogen-bond donors (Lipinski definition) is 0. The zero-order valence-electron chi connectivity index (χ0n) is 14.1. The average Bonchev–Trinajstić information content (AvgIpc) is 2.26. The van der Waals surface area contributed by atoms with Crippen molar-refractivity contribution in [1.82, 2.24) is 0 Å². The van der Waals surface area contributed by atoms with Crippen molar-refractivity contribution in [3.63, 3.8) is 0 Å². The van der Waals surface area contributed by atoms with Crippen molar-refractivity contribution in [2.75, 3.05) is 0 Å². The molecule has 0 spiro atoms. The lowest BCUT2D eigenvalue weighted by Gasteiger charge is -2.29. The van der Waals surface area contributed by atoms with E-state index >= 15 is 0 Å². The highest BCUT2D eigenvalue weighted by Crippen LogP contribution is 2.21. The molecular weight excluding hydrogens is 256 g/mol. The van der Waals surface area contributed by atoms with Crippen LogP contribution < -0.4 is 0 Å². The molecule has 0 saturated carbocycles. The Morgan fingerprint density at radius 3 is 1.85 bits per heavy atom. The molecule has 118 valence electrons. The molecule has 0 aromatic rings. The summed E-state index contributed by atoms with van der Waals surface area (Å²) in [5.74, 6) is -0.462. The Kier molecular flexibility index (Phi) is 7.25. The standard InChI is InChI=1S/C16H30O4/c1-10(2)9-13(11(3)4)19-15(18)16(7,8)20-14(17)12(5)6/h10-13H,9H2,1-8H3. The Hall–Kier alpha value is -1.06. The number of ether oxygens (including phenoxy) is 2. The molecular formula is C16H30O4. The second-order valence-corrected chi connectivity index (χ2v) is 6.90. The maximum Gasteiger partial charge on any atom is 0.350 e. The van der Waals surface area contributed by atoms with Crippen LogP contribution in [0.4, 0.5) is 0 Å². The van der Waals surface area contributed by atoms with Gasteiger partial charge >= 0.3 is 11.9 Å². The van der Waals surface area contributed by atoms with Gasteiger partial charge in [0.2, 0.25) is 5.60 Å². The average molecular weight is 286 g/mol. The third kappa shape index (κ3) is 6.40. The minimum absolute atomic E-state index is 0.153. The molecule has 0 aliphatic rings. The van der Waals surface area contributed by atoms with Crippen molar-refractivity contribution in [3.05, 3.63) is 0 Å². The van der Waals surface area contributed by atoms with Crippen molar-refractivity contribution >= 4 is 11.9 Å². The number of rotatable bonds is 7. The monoisotopic (exact) mass is 286 g/mol. The molecule has 0 amide bonds. The van der Waals surface area contributed by atoms with Crippen LogP contribution in [-0.4, -0.2) is 23.6 Å². The van der Waals surface area contributed by atoms with Crippen LogP contribution in [0.15, 0.2) is 0 Å². The zero-order valence-corrected chi connectivity index (χ0v) is 14.1. The van der Waals surface area contributed by atoms with Crippen molar-refractivity contribution < 1.29 is 19.1 Å². The highest BCUT2D eigenvalue weighted by atomic mass is 16.6. The fourth-order valence-electron chi connectivity index (χ4n) is 1.61. The van der Waals surface area contributed by atoms with Gasteiger partial charge in [-0.1, -0.05) is 41.5 Å². The quantitative estimate of drug-likeness (QED) is 0.671. The highest BCUT2D eigenvalue weighted by Gasteiger charge is 2.36. The number of carbonyl (C=O) groups excluding carboxylic acids is 2. The van der Waals surface area contributed by atoms with Crippen LogP contribution in [0.5, 0.6) is 0 Å². The highest BCUT2D eigenvalue weighted by molar-refractivity contribution is 5.83. The third-order valence-corrected chi connectivity index (χ3v) is 3.02. The first-order chi connectivity index (χ1) is 8.97. The van der Waals surface area contributed by atoms with Crippen LogP contribution in [0.3, 0.4) is 0 Å². The molecule has 0 aliphatic heterocycles. The smallest absolute Gasteiger partial charge is 0.350 e. The first-order valence-corrected chi connectivity index (χ1v) is 7.41. The fourth-order valence-corrected chi connectivity index (χ4v) is 1.61. The molecule has 20 heavy (non-hydrogen) atoms. The van der Waals surface area contributed by atoms with Gasteiger partial charge in [0.05, 0.1) is 5.92 Å². The molecule has 0 saturated heterocycles. The predicted octanol–water partition coefficient (Wildman–Crippen LogP) is 3.58. The molecule has 0 aliphatic carbocycles. The Morgan fingerprint density at radius 1 is 1.00 bits per heavy atom. The van der Waals surface area contributed by atoms with Gasteiger partial charge < -0.3 is 9.47 Å². The van der Waals surface area contributed by atoms with Gasteiger partial charge in [-0.25, -0.2) is 4.79 Å². The van der Waals surface area contributed by atoms with Gasteiger partial charge in [-0.15, -0.1) is 0 Å². The Bertz CT molecular complexity index is 329. The SMILES string of the molecule is CC(C)CC(OC(=O)C(C)(C)OC(=O)C(C)C)C(C)C. The number of esters is 2. The van der Waals surface area contributed by atoms with Crippen LogP contribution in [0.1, 0.15) is 61.8 Å². The van der Waals surface area contributed by atoms with E-state index in [2.05, 4.69) is 13.8 Å². The summed E-state index contributed by atoms with van der Waals surface area (Å²) in [5, 5.41) is 0. The van der Waals surface area contributed by atoms with E-state index in [1.54, 1.807) is 27.7 Å². The lowest BCUT2D eigenvalue weighted by molar-refractivity contribution is -0.186. The van der Waals surface area contributed by atoms with Gasteiger partial charge in [-0.3, -0.25) is 4.79 Å². The number of hydrogen-bond acceptors (Lipinski definition) is 4. The predicted molar refractivity (Wildman–Crippen MR) is 79.2 cm³/mol. The lowest BCUT2D eigenvalue weighted by atomic mass is 9.97. The first-order valence-electron chi connectivity index (χ1n) is 7.41. The second kappa shape index (κ2) is 7.65. The molecule has 4 heteroatoms. The Morgan fingerprint density at radius 2 is 1.50 bits per heavy atom. The van der Waals surface area contributed by atoms with Crippen LogP contribution in [0.2, 0.25) is 0 Å². The minimum atomic E-state index is -1.24. The van der Waals surface area contributed by atoms with E-state index in [-0.39, 0.29) is 17.9 Å². The molecule has 0 heterocycles. The molecule has 1 unspecified atom stereocenters. The van der Waals surface area contributed by atoms with Crippen LogP contribution >= 0.6 is 0 Å². The van der Waals surface area contributed by atoms with Crippen LogP contribution in [0.25, 0.3) is 0 Å². The summed E-state index contributed by atoms with van der Waals surface area (Å²) in [5.41, 5.74) is -1.24. The number of carbonyl (C=O) groups is 2. The summed E-state index contributed by atoms with van der Waals surface area (Å²) >= 11 is 0. The molecule has 0 rings (SSSR count). The van der Waals surface area contributed by atoms with Gasteiger partial charge in [0.1, 0.15) is 6.10 Å². The molecule has 4 nitrogen and oxygen atoms in total. The summed E-state index contributed by atoms with van der Waals surface area (Å²) in [6.45, 7) is 14.8. The summed E-state index contributed by atoms with van der Waals surface area (Å²) < 4.78 is 10.8. The fraction of sp³-hybridized carbons (Fsp3) is 0.875. The van der Waals surface area contributed by atoms with Crippen molar-refractivity contribution in [1.29, 1.82) is 0 Å². The van der Waals surface area contributed by atoms with Crippen molar-refractivity contribution in [2.24, 2.45) is 17.8 Å². The van der Waals surface area contributed by atoms with E-state index < -0.39 is 17.5 Å². The molecule has 0 aromatic heterocycles.